The van der Waals surface area contributed by atoms with Crippen LogP contribution in [-0.4, -0.2) is 34.3 Å². The highest BCUT2D eigenvalue weighted by Gasteiger charge is 2.22. The summed E-state index contributed by atoms with van der Waals surface area (Å²) in [4.78, 5) is 21.5. The highest BCUT2D eigenvalue weighted by atomic mass is 32.2. The van der Waals surface area contributed by atoms with E-state index in [0.29, 0.717) is 34.6 Å². The number of aromatic nitrogens is 7. The van der Waals surface area contributed by atoms with Gasteiger partial charge in [0, 0.05) is 24.5 Å². The van der Waals surface area contributed by atoms with Gasteiger partial charge in [-0.1, -0.05) is 35.1 Å². The average Bonchev–Trinajstić information content (AvgIpc) is 3.45. The molecule has 0 amide bonds. The Morgan fingerprint density at radius 2 is 2.10 bits per heavy atom. The van der Waals surface area contributed by atoms with Crippen LogP contribution < -0.4 is 5.56 Å². The van der Waals surface area contributed by atoms with Crippen molar-refractivity contribution in [2.75, 3.05) is 0 Å². The molecule has 0 aliphatic heterocycles. The minimum atomic E-state index is -0.191. The Morgan fingerprint density at radius 3 is 2.90 bits per heavy atom. The van der Waals surface area contributed by atoms with Gasteiger partial charge in [-0.2, -0.15) is 4.98 Å². The summed E-state index contributed by atoms with van der Waals surface area (Å²) in [5.74, 6) is 1.40. The largest absolute Gasteiger partial charge is 0.338 e. The fraction of sp³-hybridized carbons (Fsp3) is 0.143. The fourth-order valence-corrected chi connectivity index (χ4v) is 4.21. The van der Waals surface area contributed by atoms with Crippen LogP contribution in [0.25, 0.3) is 28.1 Å². The van der Waals surface area contributed by atoms with Gasteiger partial charge in [0.15, 0.2) is 5.16 Å². The van der Waals surface area contributed by atoms with Gasteiger partial charge in [0.2, 0.25) is 17.5 Å². The molecular weight excluding hydrogens is 414 g/mol. The van der Waals surface area contributed by atoms with Crippen LogP contribution >= 0.6 is 11.8 Å². The van der Waals surface area contributed by atoms with Gasteiger partial charge in [-0.3, -0.25) is 18.7 Å². The molecule has 4 aromatic heterocycles. The predicted octanol–water partition coefficient (Wildman–Crippen LogP) is 3.53. The maximum Gasteiger partial charge on any atom is 0.263 e. The van der Waals surface area contributed by atoms with Crippen molar-refractivity contribution in [3.8, 4) is 11.4 Å². The van der Waals surface area contributed by atoms with E-state index in [0.717, 1.165) is 11.1 Å². The minimum Gasteiger partial charge on any atom is -0.338 e. The van der Waals surface area contributed by atoms with Gasteiger partial charge >= 0.3 is 0 Å². The van der Waals surface area contributed by atoms with E-state index in [-0.39, 0.29) is 10.8 Å². The van der Waals surface area contributed by atoms with E-state index < -0.39 is 0 Å². The molecule has 0 N–H and O–H groups in total. The van der Waals surface area contributed by atoms with Crippen molar-refractivity contribution in [1.82, 2.24) is 34.3 Å². The summed E-state index contributed by atoms with van der Waals surface area (Å²) < 4.78 is 8.91. The smallest absolute Gasteiger partial charge is 0.263 e. The highest BCUT2D eigenvalue weighted by Crippen LogP contribution is 2.34. The first-order valence-corrected chi connectivity index (χ1v) is 10.4. The second kappa shape index (κ2) is 7.80. The van der Waals surface area contributed by atoms with Gasteiger partial charge < -0.3 is 4.52 Å². The van der Waals surface area contributed by atoms with E-state index in [9.17, 15) is 4.79 Å². The van der Waals surface area contributed by atoms with Crippen LogP contribution in [0.4, 0.5) is 0 Å². The molecule has 1 atom stereocenters. The van der Waals surface area contributed by atoms with Crippen molar-refractivity contribution in [3.05, 3.63) is 77.7 Å². The molecule has 5 aromatic rings. The molecule has 0 saturated heterocycles. The summed E-state index contributed by atoms with van der Waals surface area (Å²) >= 11 is 1.43. The van der Waals surface area contributed by atoms with Gasteiger partial charge in [-0.05, 0) is 31.2 Å². The Hall–Kier alpha value is -3.79. The van der Waals surface area contributed by atoms with Gasteiger partial charge in [-0.15, -0.1) is 16.8 Å². The molecule has 0 aliphatic rings. The molecule has 4 heterocycles. The monoisotopic (exact) mass is 431 g/mol. The Kier molecular flexibility index (Phi) is 4.83. The van der Waals surface area contributed by atoms with Crippen LogP contribution in [0.15, 0.2) is 75.9 Å². The molecule has 31 heavy (non-hydrogen) atoms. The van der Waals surface area contributed by atoms with Crippen molar-refractivity contribution in [1.29, 1.82) is 0 Å². The fourth-order valence-electron chi connectivity index (χ4n) is 3.32. The second-order valence-electron chi connectivity index (χ2n) is 6.80. The van der Waals surface area contributed by atoms with E-state index in [1.165, 1.54) is 11.8 Å². The maximum absolute atomic E-state index is 12.9. The summed E-state index contributed by atoms with van der Waals surface area (Å²) in [5, 5.41) is 13.7. The third-order valence-corrected chi connectivity index (χ3v) is 5.81. The quantitative estimate of drug-likeness (QED) is 0.297. The van der Waals surface area contributed by atoms with Crippen LogP contribution in [0.2, 0.25) is 0 Å². The number of benzene rings is 1. The number of para-hydroxylation sites is 1. The lowest BCUT2D eigenvalue weighted by Gasteiger charge is -2.10. The molecule has 154 valence electrons. The molecule has 0 aliphatic carbocycles. The summed E-state index contributed by atoms with van der Waals surface area (Å²) in [6, 6.07) is 11.1. The lowest BCUT2D eigenvalue weighted by Crippen LogP contribution is -2.22. The summed E-state index contributed by atoms with van der Waals surface area (Å²) in [6.45, 7) is 6.04. The number of hydrogen-bond donors (Lipinski definition) is 0. The van der Waals surface area contributed by atoms with E-state index in [1.807, 2.05) is 41.7 Å². The molecule has 10 heteroatoms. The zero-order chi connectivity index (χ0) is 21.4. The summed E-state index contributed by atoms with van der Waals surface area (Å²) in [7, 11) is 0. The van der Waals surface area contributed by atoms with E-state index >= 15 is 0 Å². The normalized spacial score (nSPS) is 12.4. The summed E-state index contributed by atoms with van der Waals surface area (Å²) in [5.41, 5.74) is 1.39. The zero-order valence-electron chi connectivity index (χ0n) is 16.5. The van der Waals surface area contributed by atoms with Crippen molar-refractivity contribution in [2.45, 2.75) is 23.9 Å². The predicted molar refractivity (Wildman–Crippen MR) is 117 cm³/mol. The molecule has 0 saturated carbocycles. The molecule has 1 aromatic carbocycles. The molecule has 5 rings (SSSR count). The topological polar surface area (TPSA) is 104 Å². The van der Waals surface area contributed by atoms with Crippen molar-refractivity contribution >= 4 is 28.4 Å². The Balaban J connectivity index is 1.56. The highest BCUT2D eigenvalue weighted by molar-refractivity contribution is 7.99. The van der Waals surface area contributed by atoms with Crippen LogP contribution in [0.3, 0.4) is 0 Å². The second-order valence-corrected chi connectivity index (χ2v) is 8.11. The van der Waals surface area contributed by atoms with Gasteiger partial charge in [0.05, 0.1) is 16.2 Å². The first kappa shape index (κ1) is 19.2. The first-order valence-electron chi connectivity index (χ1n) is 9.55. The van der Waals surface area contributed by atoms with Gasteiger partial charge in [0.1, 0.15) is 0 Å². The number of hydrogen-bond acceptors (Lipinski definition) is 8. The third kappa shape index (κ3) is 3.30. The zero-order valence-corrected chi connectivity index (χ0v) is 17.4. The first-order chi connectivity index (χ1) is 15.2. The standard InChI is InChI=1S/C21H17N7O2S/c1-3-11-27-19(29)15-8-4-5-9-16(15)28-20(27)24-25-21(28)31-13(2)18-23-17(26-30-18)14-7-6-10-22-12-14/h3-10,12-13H,1,11H2,2H3/t13-/m1/s1. The van der Waals surface area contributed by atoms with Crippen LogP contribution in [0, 0.1) is 0 Å². The maximum atomic E-state index is 12.9. The molecule has 0 spiro atoms. The molecule has 0 bridgehead atoms. The Labute approximate surface area is 180 Å². The molecule has 0 fully saturated rings. The van der Waals surface area contributed by atoms with Crippen molar-refractivity contribution in [3.63, 3.8) is 0 Å². The summed E-state index contributed by atoms with van der Waals surface area (Å²) in [6.07, 6.45) is 5.04. The van der Waals surface area contributed by atoms with Crippen LogP contribution in [-0.2, 0) is 6.54 Å². The van der Waals surface area contributed by atoms with Crippen molar-refractivity contribution in [2.24, 2.45) is 0 Å². The lowest BCUT2D eigenvalue weighted by atomic mass is 10.2. The third-order valence-electron chi connectivity index (χ3n) is 4.78. The van der Waals surface area contributed by atoms with Gasteiger partial charge in [-0.25, -0.2) is 0 Å². The SMILES string of the molecule is C=CCn1c(=O)c2ccccc2n2c(S[C@H](C)c3nc(-c4cccnc4)no3)nnc12. The number of pyridine rings is 1. The minimum absolute atomic E-state index is 0.127. The van der Waals surface area contributed by atoms with Crippen molar-refractivity contribution < 1.29 is 4.52 Å². The number of allylic oxidation sites excluding steroid dienone is 1. The Bertz CT molecular complexity index is 1460. The molecular formula is C21H17N7O2S. The Morgan fingerprint density at radius 1 is 1.23 bits per heavy atom. The molecule has 9 nitrogen and oxygen atoms in total. The number of nitrogens with zero attached hydrogens (tertiary/aromatic N) is 7. The van der Waals surface area contributed by atoms with E-state index in [1.54, 1.807) is 29.1 Å². The van der Waals surface area contributed by atoms with Crippen LogP contribution in [0.5, 0.6) is 0 Å². The van der Waals surface area contributed by atoms with E-state index in [2.05, 4.69) is 31.9 Å². The molecule has 0 radical (unpaired) electrons. The van der Waals surface area contributed by atoms with Crippen LogP contribution in [0.1, 0.15) is 18.1 Å². The lowest BCUT2D eigenvalue weighted by molar-refractivity contribution is 0.380. The number of thioether (sulfide) groups is 1. The van der Waals surface area contributed by atoms with E-state index in [4.69, 9.17) is 4.52 Å². The molecule has 0 unspecified atom stereocenters. The number of rotatable bonds is 6. The van der Waals surface area contributed by atoms with Gasteiger partial charge in [0.25, 0.3) is 5.56 Å². The average molecular weight is 431 g/mol. The number of fused-ring (bicyclic) bond motifs is 3.